The molecule has 4 N–H and O–H groups in total. The van der Waals surface area contributed by atoms with Crippen LogP contribution in [0.25, 0.3) is 0 Å². The molecular formula is C12H17ClN4O4. The molecule has 2 atom stereocenters. The molecule has 0 radical (unpaired) electrons. The van der Waals surface area contributed by atoms with E-state index in [4.69, 9.17) is 16.7 Å². The number of aromatic amines is 1. The second-order valence-corrected chi connectivity index (χ2v) is 5.23. The maximum Gasteiger partial charge on any atom is 0.407 e. The van der Waals surface area contributed by atoms with Gasteiger partial charge in [0.15, 0.2) is 11.0 Å². The fourth-order valence-electron chi connectivity index (χ4n) is 2.24. The van der Waals surface area contributed by atoms with Gasteiger partial charge in [-0.05, 0) is 12.8 Å². The van der Waals surface area contributed by atoms with Crippen molar-refractivity contribution in [3.05, 3.63) is 16.7 Å². The number of β-amino-alcohol motifs (C(OH)–C–C–N with tert-alkyl or cyclic N) is 1. The average Bonchev–Trinajstić information content (AvgIpc) is 2.82. The fourth-order valence-corrected chi connectivity index (χ4v) is 2.51. The van der Waals surface area contributed by atoms with Crippen molar-refractivity contribution in [3.63, 3.8) is 0 Å². The Kier molecular flexibility index (Phi) is 4.69. The number of nitrogens with zero attached hydrogens (tertiary/aromatic N) is 2. The molecule has 116 valence electrons. The number of hydrogen-bond acceptors (Lipinski definition) is 4. The van der Waals surface area contributed by atoms with Crippen LogP contribution in [0.4, 0.5) is 4.79 Å². The van der Waals surface area contributed by atoms with Gasteiger partial charge in [-0.3, -0.25) is 4.79 Å². The lowest BCUT2D eigenvalue weighted by Gasteiger charge is -2.34. The van der Waals surface area contributed by atoms with Crippen LogP contribution in [0, 0.1) is 0 Å². The lowest BCUT2D eigenvalue weighted by molar-refractivity contribution is 0.0389. The van der Waals surface area contributed by atoms with Gasteiger partial charge in [-0.25, -0.2) is 9.78 Å². The van der Waals surface area contributed by atoms with Gasteiger partial charge in [0.2, 0.25) is 0 Å². The van der Waals surface area contributed by atoms with Crippen molar-refractivity contribution in [2.75, 3.05) is 13.1 Å². The van der Waals surface area contributed by atoms with E-state index in [-0.39, 0.29) is 24.1 Å². The lowest BCUT2D eigenvalue weighted by atomic mass is 10.0. The molecule has 0 aliphatic carbocycles. The molecule has 0 unspecified atom stereocenters. The first-order valence-corrected chi connectivity index (χ1v) is 7.01. The molecule has 21 heavy (non-hydrogen) atoms. The first-order valence-electron chi connectivity index (χ1n) is 6.63. The first kappa shape index (κ1) is 15.6. The van der Waals surface area contributed by atoms with Crippen LogP contribution in [-0.4, -0.2) is 62.3 Å². The number of aromatic nitrogens is 2. The van der Waals surface area contributed by atoms with E-state index in [0.29, 0.717) is 18.5 Å². The molecule has 1 fully saturated rings. The molecule has 1 saturated heterocycles. The summed E-state index contributed by atoms with van der Waals surface area (Å²) < 4.78 is 0. The first-order chi connectivity index (χ1) is 9.92. The van der Waals surface area contributed by atoms with Gasteiger partial charge in [0.25, 0.3) is 5.91 Å². The van der Waals surface area contributed by atoms with Crippen LogP contribution in [0.5, 0.6) is 0 Å². The maximum absolute atomic E-state index is 12.1. The number of amides is 2. The highest BCUT2D eigenvalue weighted by atomic mass is 35.5. The van der Waals surface area contributed by atoms with Crippen LogP contribution in [0.15, 0.2) is 0 Å². The molecule has 1 aromatic heterocycles. The van der Waals surface area contributed by atoms with E-state index < -0.39 is 24.1 Å². The Morgan fingerprint density at radius 1 is 1.57 bits per heavy atom. The minimum absolute atomic E-state index is 0.0284. The van der Waals surface area contributed by atoms with Crippen molar-refractivity contribution < 1.29 is 19.8 Å². The monoisotopic (exact) mass is 316 g/mol. The number of piperidine rings is 1. The van der Waals surface area contributed by atoms with Gasteiger partial charge in [0, 0.05) is 6.54 Å². The van der Waals surface area contributed by atoms with Crippen LogP contribution < -0.4 is 5.32 Å². The van der Waals surface area contributed by atoms with Gasteiger partial charge in [-0.15, -0.1) is 0 Å². The van der Waals surface area contributed by atoms with Crippen LogP contribution in [0.1, 0.15) is 29.7 Å². The Labute approximate surface area is 126 Å². The van der Waals surface area contributed by atoms with Crippen molar-refractivity contribution in [2.45, 2.75) is 31.9 Å². The minimum atomic E-state index is -1.08. The van der Waals surface area contributed by atoms with Crippen molar-refractivity contribution >= 4 is 23.6 Å². The van der Waals surface area contributed by atoms with E-state index in [1.807, 2.05) is 6.92 Å². The molecule has 2 amide bonds. The number of nitrogens with one attached hydrogen (secondary N) is 2. The molecular weight excluding hydrogens is 300 g/mol. The van der Waals surface area contributed by atoms with E-state index in [2.05, 4.69) is 15.3 Å². The molecule has 0 saturated carbocycles. The number of halogens is 1. The molecule has 1 aliphatic rings. The highest BCUT2D eigenvalue weighted by Gasteiger charge is 2.31. The highest BCUT2D eigenvalue weighted by molar-refractivity contribution is 6.30. The Balaban J connectivity index is 1.98. The summed E-state index contributed by atoms with van der Waals surface area (Å²) in [6, 6.07) is -0.512. The largest absolute Gasteiger partial charge is 0.465 e. The second kappa shape index (κ2) is 6.31. The number of aliphatic hydroxyl groups is 1. The second-order valence-electron chi connectivity index (χ2n) is 4.87. The van der Waals surface area contributed by atoms with Crippen LogP contribution in [-0.2, 0) is 6.42 Å². The summed E-state index contributed by atoms with van der Waals surface area (Å²) in [5.41, 5.74) is 0.670. The number of aryl methyl sites for hydroxylation is 1. The summed E-state index contributed by atoms with van der Waals surface area (Å²) in [5, 5.41) is 21.7. The molecule has 8 nitrogen and oxygen atoms in total. The molecule has 0 spiro atoms. The third-order valence-corrected chi connectivity index (χ3v) is 3.78. The summed E-state index contributed by atoms with van der Waals surface area (Å²) in [6.07, 6.45) is -1.06. The number of likely N-dealkylation sites (tertiary alicyclic amines) is 1. The number of rotatable bonds is 3. The fraction of sp³-hybridized carbons (Fsp3) is 0.583. The van der Waals surface area contributed by atoms with Crippen molar-refractivity contribution in [3.8, 4) is 0 Å². The predicted molar refractivity (Wildman–Crippen MR) is 74.5 cm³/mol. The van der Waals surface area contributed by atoms with E-state index >= 15 is 0 Å². The van der Waals surface area contributed by atoms with Gasteiger partial charge in [-0.1, -0.05) is 18.5 Å². The van der Waals surface area contributed by atoms with Crippen LogP contribution in [0.3, 0.4) is 0 Å². The maximum atomic E-state index is 12.1. The minimum Gasteiger partial charge on any atom is -0.465 e. The topological polar surface area (TPSA) is 119 Å². The Hall–Kier alpha value is -1.80. The number of H-pyrrole nitrogens is 1. The number of carboxylic acid groups (broad SMARTS) is 1. The quantitative estimate of drug-likeness (QED) is 0.646. The predicted octanol–water partition coefficient (Wildman–Crippen LogP) is 0.468. The van der Waals surface area contributed by atoms with E-state index in [9.17, 15) is 14.7 Å². The number of carbonyl (C=O) groups is 2. The number of hydrogen-bond donors (Lipinski definition) is 4. The normalized spacial score (nSPS) is 22.1. The Morgan fingerprint density at radius 3 is 2.81 bits per heavy atom. The SMILES string of the molecule is CCc1[nH]c(C(=O)N[C@@H]2CCN(C(=O)O)C[C@H]2O)nc1Cl. The Morgan fingerprint density at radius 2 is 2.29 bits per heavy atom. The standard InChI is InChI=1S/C12H17ClN4O4/c1-2-6-9(13)16-10(14-6)11(19)15-7-3-4-17(12(20)21)5-8(7)18/h7-8,18H,2-5H2,1H3,(H,14,16)(H,15,19)(H,20,21)/t7-,8-/m1/s1. The zero-order valence-electron chi connectivity index (χ0n) is 11.5. The van der Waals surface area contributed by atoms with Crippen molar-refractivity contribution in [1.82, 2.24) is 20.2 Å². The lowest BCUT2D eigenvalue weighted by Crippen LogP contribution is -2.55. The zero-order chi connectivity index (χ0) is 15.6. The van der Waals surface area contributed by atoms with E-state index in [0.717, 1.165) is 4.90 Å². The number of imidazole rings is 1. The average molecular weight is 317 g/mol. The molecule has 0 aromatic carbocycles. The smallest absolute Gasteiger partial charge is 0.407 e. The summed E-state index contributed by atoms with van der Waals surface area (Å²) in [4.78, 5) is 30.7. The summed E-state index contributed by atoms with van der Waals surface area (Å²) in [6.45, 7) is 2.11. The summed E-state index contributed by atoms with van der Waals surface area (Å²) in [7, 11) is 0. The van der Waals surface area contributed by atoms with E-state index in [1.165, 1.54) is 0 Å². The van der Waals surface area contributed by atoms with Gasteiger partial charge in [0.05, 0.1) is 24.4 Å². The third-order valence-electron chi connectivity index (χ3n) is 3.47. The van der Waals surface area contributed by atoms with Crippen molar-refractivity contribution in [2.24, 2.45) is 0 Å². The molecule has 2 rings (SSSR count). The van der Waals surface area contributed by atoms with Crippen LogP contribution in [0.2, 0.25) is 5.15 Å². The van der Waals surface area contributed by atoms with Gasteiger partial charge in [0.1, 0.15) is 0 Å². The zero-order valence-corrected chi connectivity index (χ0v) is 12.2. The number of carbonyl (C=O) groups excluding carboxylic acids is 1. The molecule has 9 heteroatoms. The Bertz CT molecular complexity index is 547. The van der Waals surface area contributed by atoms with Crippen LogP contribution >= 0.6 is 11.6 Å². The highest BCUT2D eigenvalue weighted by Crippen LogP contribution is 2.15. The summed E-state index contributed by atoms with van der Waals surface area (Å²) >= 11 is 5.87. The van der Waals surface area contributed by atoms with Gasteiger partial charge >= 0.3 is 6.09 Å². The third kappa shape index (κ3) is 3.45. The van der Waals surface area contributed by atoms with Gasteiger partial charge in [-0.2, -0.15) is 0 Å². The summed E-state index contributed by atoms with van der Waals surface area (Å²) in [5.74, 6) is -0.380. The van der Waals surface area contributed by atoms with E-state index in [1.54, 1.807) is 0 Å². The van der Waals surface area contributed by atoms with Gasteiger partial charge < -0.3 is 25.4 Å². The number of aliphatic hydroxyl groups excluding tert-OH is 1. The molecule has 0 bridgehead atoms. The van der Waals surface area contributed by atoms with Crippen molar-refractivity contribution in [1.29, 1.82) is 0 Å². The molecule has 1 aromatic rings. The molecule has 2 heterocycles. The molecule has 1 aliphatic heterocycles.